The highest BCUT2D eigenvalue weighted by Gasteiger charge is 2.44. The number of amides is 1. The van der Waals surface area contributed by atoms with E-state index in [0.717, 1.165) is 51.4 Å². The van der Waals surface area contributed by atoms with E-state index in [-0.39, 0.29) is 6.42 Å². The summed E-state index contributed by atoms with van der Waals surface area (Å²) in [7, 11) is 0. The van der Waals surface area contributed by atoms with E-state index in [2.05, 4.69) is 43.5 Å². The van der Waals surface area contributed by atoms with E-state index in [1.807, 2.05) is 0 Å². The van der Waals surface area contributed by atoms with Crippen LogP contribution in [0.3, 0.4) is 0 Å². The van der Waals surface area contributed by atoms with E-state index in [1.54, 1.807) is 0 Å². The maximum atomic E-state index is 13.2. The third kappa shape index (κ3) is 34.5. The Kier molecular flexibility index (Phi) is 43.4. The van der Waals surface area contributed by atoms with Crippen LogP contribution in [0.1, 0.15) is 258 Å². The predicted molar refractivity (Wildman–Crippen MR) is 275 cm³/mol. The van der Waals surface area contributed by atoms with Crippen molar-refractivity contribution in [3.63, 3.8) is 0 Å². The lowest BCUT2D eigenvalue weighted by molar-refractivity contribution is -0.303. The first-order valence-electron chi connectivity index (χ1n) is 28.2. The molecule has 9 atom stereocenters. The molecule has 1 rings (SSSR count). The van der Waals surface area contributed by atoms with Crippen molar-refractivity contribution < 1.29 is 50.0 Å². The number of unbranched alkanes of at least 4 members (excludes halogenated alkanes) is 32. The lowest BCUT2D eigenvalue weighted by Gasteiger charge is -2.40. The van der Waals surface area contributed by atoms with Crippen LogP contribution in [0.5, 0.6) is 0 Å². The van der Waals surface area contributed by atoms with Gasteiger partial charge in [0, 0.05) is 0 Å². The second-order valence-corrected chi connectivity index (χ2v) is 20.0. The molecule has 9 unspecified atom stereocenters. The van der Waals surface area contributed by atoms with Crippen LogP contribution in [-0.2, 0) is 14.3 Å². The van der Waals surface area contributed by atoms with E-state index in [0.29, 0.717) is 19.3 Å². The average Bonchev–Trinajstić information content (AvgIpc) is 3.33. The molecule has 0 bridgehead atoms. The highest BCUT2D eigenvalue weighted by molar-refractivity contribution is 5.80. The first kappa shape index (κ1) is 63.6. The first-order valence-corrected chi connectivity index (χ1v) is 28.2. The van der Waals surface area contributed by atoms with Gasteiger partial charge in [-0.1, -0.05) is 244 Å². The molecule has 0 saturated carbocycles. The molecule has 0 aliphatic carbocycles. The molecule has 0 aromatic carbocycles. The zero-order valence-electron chi connectivity index (χ0n) is 43.1. The van der Waals surface area contributed by atoms with Crippen molar-refractivity contribution >= 4 is 5.91 Å². The zero-order valence-corrected chi connectivity index (χ0v) is 43.1. The van der Waals surface area contributed by atoms with Crippen molar-refractivity contribution in [1.29, 1.82) is 0 Å². The number of rotatable bonds is 48. The molecular weight excluding hydrogens is 847 g/mol. The van der Waals surface area contributed by atoms with Gasteiger partial charge in [0.1, 0.15) is 36.6 Å². The second-order valence-electron chi connectivity index (χ2n) is 20.0. The largest absolute Gasteiger partial charge is 0.394 e. The minimum Gasteiger partial charge on any atom is -0.394 e. The molecular formula is C56H107NO10. The Morgan fingerprint density at radius 1 is 0.537 bits per heavy atom. The molecule has 0 aromatic heterocycles. The number of allylic oxidation sites excluding steroid dienone is 4. The van der Waals surface area contributed by atoms with Crippen LogP contribution < -0.4 is 5.32 Å². The molecule has 1 fully saturated rings. The Bertz CT molecular complexity index is 1140. The van der Waals surface area contributed by atoms with Crippen molar-refractivity contribution in [2.24, 2.45) is 0 Å². The van der Waals surface area contributed by atoms with Crippen LogP contribution in [0.15, 0.2) is 24.3 Å². The van der Waals surface area contributed by atoms with E-state index in [4.69, 9.17) is 9.47 Å². The third-order valence-corrected chi connectivity index (χ3v) is 13.8. The quantitative estimate of drug-likeness (QED) is 0.0215. The number of carbonyl (C=O) groups excluding carboxylic acids is 1. The van der Waals surface area contributed by atoms with Gasteiger partial charge in [0.05, 0.1) is 25.4 Å². The van der Waals surface area contributed by atoms with Gasteiger partial charge in [-0.15, -0.1) is 0 Å². The summed E-state index contributed by atoms with van der Waals surface area (Å²) in [4.78, 5) is 13.2. The molecule has 11 heteroatoms. The second kappa shape index (κ2) is 45.7. The first-order chi connectivity index (χ1) is 32.7. The van der Waals surface area contributed by atoms with Gasteiger partial charge in [0.2, 0.25) is 5.91 Å². The van der Waals surface area contributed by atoms with Gasteiger partial charge in [-0.2, -0.15) is 0 Å². The van der Waals surface area contributed by atoms with Crippen molar-refractivity contribution in [3.8, 4) is 0 Å². The topological polar surface area (TPSA) is 189 Å². The lowest BCUT2D eigenvalue weighted by Crippen LogP contribution is -2.60. The van der Waals surface area contributed by atoms with Crippen LogP contribution in [0.4, 0.5) is 0 Å². The molecule has 8 N–H and O–H groups in total. The van der Waals surface area contributed by atoms with E-state index in [1.165, 1.54) is 167 Å². The fourth-order valence-electron chi connectivity index (χ4n) is 9.19. The lowest BCUT2D eigenvalue weighted by atomic mass is 9.98. The minimum absolute atomic E-state index is 0.261. The van der Waals surface area contributed by atoms with E-state index < -0.39 is 74.2 Å². The van der Waals surface area contributed by atoms with Gasteiger partial charge >= 0.3 is 0 Å². The number of hydrogen-bond acceptors (Lipinski definition) is 10. The van der Waals surface area contributed by atoms with Gasteiger partial charge in [-0.25, -0.2) is 0 Å². The predicted octanol–water partition coefficient (Wildman–Crippen LogP) is 11.3. The normalized spacial score (nSPS) is 20.8. The molecule has 0 aromatic rings. The van der Waals surface area contributed by atoms with Crippen LogP contribution >= 0.6 is 0 Å². The zero-order chi connectivity index (χ0) is 49.0. The number of carbonyl (C=O) groups is 1. The smallest absolute Gasteiger partial charge is 0.249 e. The van der Waals surface area contributed by atoms with Gasteiger partial charge in [0.15, 0.2) is 6.29 Å². The molecule has 1 amide bonds. The highest BCUT2D eigenvalue weighted by Crippen LogP contribution is 2.23. The standard InChI is InChI=1S/C56H107NO10/c1-3-5-7-9-11-13-15-17-19-21-23-25-27-29-31-33-35-37-39-41-43-48(59)51(61)47(46-66-56-54(64)53(63)52(62)50(45-58)67-56)57-55(65)49(60)44-42-40-38-36-34-32-30-28-26-24-22-20-18-16-14-12-10-8-6-4-2/h6,8,12,14,47-54,56,58-64H,3-5,7,9-11,13,15-46H2,1-2H3,(H,57,65)/b8-6-,14-12-. The summed E-state index contributed by atoms with van der Waals surface area (Å²) in [5.74, 6) is -0.695. The maximum Gasteiger partial charge on any atom is 0.249 e. The molecule has 396 valence electrons. The van der Waals surface area contributed by atoms with Gasteiger partial charge in [-0.05, 0) is 38.5 Å². The monoisotopic (exact) mass is 954 g/mol. The Balaban J connectivity index is 2.32. The summed E-state index contributed by atoms with van der Waals surface area (Å²) in [5.41, 5.74) is 0. The Hall–Kier alpha value is -1.41. The summed E-state index contributed by atoms with van der Waals surface area (Å²) < 4.78 is 11.1. The third-order valence-electron chi connectivity index (χ3n) is 13.8. The molecule has 0 radical (unpaired) electrons. The minimum atomic E-state index is -1.66. The molecule has 1 heterocycles. The Morgan fingerprint density at radius 3 is 1.40 bits per heavy atom. The summed E-state index contributed by atoms with van der Waals surface area (Å²) in [6.07, 6.45) is 42.2. The number of hydrogen-bond donors (Lipinski definition) is 8. The summed E-state index contributed by atoms with van der Waals surface area (Å²) >= 11 is 0. The van der Waals surface area contributed by atoms with Crippen LogP contribution in [0.25, 0.3) is 0 Å². The van der Waals surface area contributed by atoms with Gasteiger partial charge in [-0.3, -0.25) is 4.79 Å². The van der Waals surface area contributed by atoms with Gasteiger partial charge in [0.25, 0.3) is 0 Å². The average molecular weight is 954 g/mol. The van der Waals surface area contributed by atoms with Crippen molar-refractivity contribution in [2.75, 3.05) is 13.2 Å². The van der Waals surface area contributed by atoms with E-state index in [9.17, 15) is 40.5 Å². The molecule has 1 aliphatic heterocycles. The summed E-state index contributed by atoms with van der Waals surface area (Å²) in [6, 6.07) is -1.17. The van der Waals surface area contributed by atoms with E-state index >= 15 is 0 Å². The number of nitrogens with one attached hydrogen (secondary N) is 1. The number of aliphatic hydroxyl groups is 7. The van der Waals surface area contributed by atoms with Crippen molar-refractivity contribution in [2.45, 2.75) is 313 Å². The molecule has 11 nitrogen and oxygen atoms in total. The number of ether oxygens (including phenoxy) is 2. The molecule has 67 heavy (non-hydrogen) atoms. The number of aliphatic hydroxyl groups excluding tert-OH is 7. The fraction of sp³-hybridized carbons (Fsp3) is 0.911. The van der Waals surface area contributed by atoms with Gasteiger partial charge < -0.3 is 50.5 Å². The summed E-state index contributed by atoms with van der Waals surface area (Å²) in [6.45, 7) is 3.38. The van der Waals surface area contributed by atoms with Crippen LogP contribution in [-0.4, -0.2) is 110 Å². The Morgan fingerprint density at radius 2 is 0.955 bits per heavy atom. The maximum absolute atomic E-state index is 13.2. The molecule has 0 spiro atoms. The summed E-state index contributed by atoms with van der Waals surface area (Å²) in [5, 5.41) is 76.1. The molecule has 1 saturated heterocycles. The van der Waals surface area contributed by atoms with Crippen molar-refractivity contribution in [3.05, 3.63) is 24.3 Å². The fourth-order valence-corrected chi connectivity index (χ4v) is 9.19. The van der Waals surface area contributed by atoms with Crippen molar-refractivity contribution in [1.82, 2.24) is 5.32 Å². The van der Waals surface area contributed by atoms with Crippen LogP contribution in [0, 0.1) is 0 Å². The Labute approximate surface area is 410 Å². The highest BCUT2D eigenvalue weighted by atomic mass is 16.7. The SMILES string of the molecule is CC/C=C\C/C=C\CCCCCCCCCCCCCCCC(O)C(=O)NC(COC1OC(CO)C(O)C(O)C1O)C(O)C(O)CCCCCCCCCCCCCCCCCCCCCC. The van der Waals surface area contributed by atoms with Crippen LogP contribution in [0.2, 0.25) is 0 Å². The molecule has 1 aliphatic rings.